The van der Waals surface area contributed by atoms with Crippen molar-refractivity contribution < 1.29 is 13.2 Å². The van der Waals surface area contributed by atoms with Gasteiger partial charge in [-0.05, 0) is 51.1 Å². The highest BCUT2D eigenvalue weighted by atomic mass is 19.4. The molecule has 0 saturated carbocycles. The van der Waals surface area contributed by atoms with Crippen LogP contribution < -0.4 is 0 Å². The van der Waals surface area contributed by atoms with Gasteiger partial charge in [-0.1, -0.05) is 18.2 Å². The zero-order valence-corrected chi connectivity index (χ0v) is 17.2. The molecule has 1 aromatic carbocycles. The first-order chi connectivity index (χ1) is 14.6. The number of alkyl halides is 3. The van der Waals surface area contributed by atoms with Gasteiger partial charge in [-0.15, -0.1) is 0 Å². The summed E-state index contributed by atoms with van der Waals surface area (Å²) in [5.41, 5.74) is 1.56. The Morgan fingerprint density at radius 1 is 0.839 bits per heavy atom. The van der Waals surface area contributed by atoms with Gasteiger partial charge in [0.2, 0.25) is 0 Å². The fourth-order valence-corrected chi connectivity index (χ4v) is 3.26. The topological polar surface area (TPSA) is 56.5 Å². The van der Waals surface area contributed by atoms with Crippen molar-refractivity contribution in [3.63, 3.8) is 0 Å². The normalized spacial score (nSPS) is 12.2. The summed E-state index contributed by atoms with van der Waals surface area (Å²) in [6, 6.07) is 14.2. The third-order valence-electron chi connectivity index (χ3n) is 5.12. The van der Waals surface area contributed by atoms with Crippen molar-refractivity contribution in [1.29, 1.82) is 0 Å². The molecular formula is C23H20F3N5. The minimum Gasteiger partial charge on any atom is -0.252 e. The molecule has 0 bridgehead atoms. The second-order valence-corrected chi connectivity index (χ2v) is 7.72. The van der Waals surface area contributed by atoms with Crippen LogP contribution in [0.25, 0.3) is 17.1 Å². The molecule has 0 unspecified atom stereocenters. The van der Waals surface area contributed by atoms with Gasteiger partial charge in [0.05, 0.1) is 28.1 Å². The Morgan fingerprint density at radius 3 is 2.26 bits per heavy atom. The van der Waals surface area contributed by atoms with Gasteiger partial charge in [0.15, 0.2) is 5.82 Å². The highest BCUT2D eigenvalue weighted by molar-refractivity contribution is 5.60. The molecule has 0 aliphatic rings. The Bertz CT molecular complexity index is 1210. The molecule has 0 radical (unpaired) electrons. The summed E-state index contributed by atoms with van der Waals surface area (Å²) in [6.07, 6.45) is -0.853. The van der Waals surface area contributed by atoms with Gasteiger partial charge < -0.3 is 0 Å². The number of pyridine rings is 1. The van der Waals surface area contributed by atoms with E-state index in [-0.39, 0.29) is 0 Å². The van der Waals surface area contributed by atoms with Gasteiger partial charge in [-0.2, -0.15) is 18.3 Å². The van der Waals surface area contributed by atoms with Crippen molar-refractivity contribution in [2.45, 2.75) is 32.4 Å². The van der Waals surface area contributed by atoms with Crippen molar-refractivity contribution in [3.05, 3.63) is 89.8 Å². The highest BCUT2D eigenvalue weighted by Crippen LogP contribution is 2.33. The summed E-state index contributed by atoms with van der Waals surface area (Å²) in [5.74, 6) is 1.32. The lowest BCUT2D eigenvalue weighted by molar-refractivity contribution is -0.137. The van der Waals surface area contributed by atoms with Crippen LogP contribution >= 0.6 is 0 Å². The zero-order chi connectivity index (χ0) is 22.2. The van der Waals surface area contributed by atoms with Gasteiger partial charge in [0.25, 0.3) is 0 Å². The lowest BCUT2D eigenvalue weighted by Crippen LogP contribution is -2.22. The minimum absolute atomic E-state index is 0.532. The molecule has 8 heteroatoms. The largest absolute Gasteiger partial charge is 0.416 e. The third kappa shape index (κ3) is 4.19. The van der Waals surface area contributed by atoms with Crippen molar-refractivity contribution in [2.75, 3.05) is 0 Å². The standard InChI is InChI=1S/C23H20F3N5/c1-15-27-13-11-21(28-15)31-14-12-20(30-31)22(2,3)19-6-4-5-18(29-19)16-7-9-17(10-8-16)23(24,25)26/h4-14H,1-3H3. The first-order valence-electron chi connectivity index (χ1n) is 9.66. The van der Waals surface area contributed by atoms with Gasteiger partial charge in [0.1, 0.15) is 5.82 Å². The molecule has 4 aromatic rings. The van der Waals surface area contributed by atoms with Gasteiger partial charge >= 0.3 is 6.18 Å². The van der Waals surface area contributed by atoms with Crippen molar-refractivity contribution >= 4 is 0 Å². The molecule has 3 aromatic heterocycles. The van der Waals surface area contributed by atoms with Crippen LogP contribution in [0.2, 0.25) is 0 Å². The molecule has 4 rings (SSSR count). The van der Waals surface area contributed by atoms with Crippen LogP contribution in [0.15, 0.2) is 67.0 Å². The first kappa shape index (κ1) is 20.7. The van der Waals surface area contributed by atoms with E-state index in [1.165, 1.54) is 12.1 Å². The van der Waals surface area contributed by atoms with E-state index in [4.69, 9.17) is 4.98 Å². The van der Waals surface area contributed by atoms with Crippen LogP contribution in [0.1, 0.15) is 36.6 Å². The lowest BCUT2D eigenvalue weighted by Gasteiger charge is -2.22. The number of hydrogen-bond acceptors (Lipinski definition) is 4. The molecule has 0 atom stereocenters. The van der Waals surface area contributed by atoms with E-state index >= 15 is 0 Å². The number of hydrogen-bond donors (Lipinski definition) is 0. The molecule has 0 amide bonds. The molecule has 0 spiro atoms. The molecule has 3 heterocycles. The smallest absolute Gasteiger partial charge is 0.252 e. The summed E-state index contributed by atoms with van der Waals surface area (Å²) in [7, 11) is 0. The average Bonchev–Trinajstić information content (AvgIpc) is 3.25. The van der Waals surface area contributed by atoms with Crippen LogP contribution in [-0.2, 0) is 11.6 Å². The second-order valence-electron chi connectivity index (χ2n) is 7.72. The number of benzene rings is 1. The molecule has 0 aliphatic heterocycles. The Morgan fingerprint density at radius 2 is 1.58 bits per heavy atom. The number of aromatic nitrogens is 5. The summed E-state index contributed by atoms with van der Waals surface area (Å²) in [6.45, 7) is 5.82. The predicted molar refractivity (Wildman–Crippen MR) is 111 cm³/mol. The molecule has 0 aliphatic carbocycles. The average molecular weight is 423 g/mol. The molecule has 0 fully saturated rings. The Kier molecular flexibility index (Phi) is 5.08. The van der Waals surface area contributed by atoms with E-state index in [9.17, 15) is 13.2 Å². The van der Waals surface area contributed by atoms with Crippen molar-refractivity contribution in [3.8, 4) is 17.1 Å². The van der Waals surface area contributed by atoms with Crippen LogP contribution in [0.3, 0.4) is 0 Å². The maximum atomic E-state index is 12.8. The number of rotatable bonds is 4. The molecule has 31 heavy (non-hydrogen) atoms. The monoisotopic (exact) mass is 423 g/mol. The summed E-state index contributed by atoms with van der Waals surface area (Å²) in [5, 5.41) is 4.67. The van der Waals surface area contributed by atoms with E-state index in [2.05, 4.69) is 15.1 Å². The quantitative estimate of drug-likeness (QED) is 0.442. The van der Waals surface area contributed by atoms with Crippen LogP contribution in [0.5, 0.6) is 0 Å². The minimum atomic E-state index is -4.36. The van der Waals surface area contributed by atoms with Crippen LogP contribution in [-0.4, -0.2) is 24.7 Å². The molecule has 5 nitrogen and oxygen atoms in total. The molecule has 0 N–H and O–H groups in total. The van der Waals surface area contributed by atoms with Crippen LogP contribution in [0.4, 0.5) is 13.2 Å². The third-order valence-corrected chi connectivity index (χ3v) is 5.12. The van der Waals surface area contributed by atoms with E-state index < -0.39 is 17.2 Å². The Hall–Kier alpha value is -3.55. The van der Waals surface area contributed by atoms with Crippen LogP contribution in [0, 0.1) is 6.92 Å². The van der Waals surface area contributed by atoms with Crippen molar-refractivity contribution in [1.82, 2.24) is 24.7 Å². The van der Waals surface area contributed by atoms with E-state index in [0.717, 1.165) is 23.5 Å². The summed E-state index contributed by atoms with van der Waals surface area (Å²) < 4.78 is 40.2. The first-order valence-corrected chi connectivity index (χ1v) is 9.66. The fourth-order valence-electron chi connectivity index (χ4n) is 3.26. The summed E-state index contributed by atoms with van der Waals surface area (Å²) in [4.78, 5) is 13.2. The number of aryl methyl sites for hydroxylation is 1. The Labute approximate surface area is 177 Å². The van der Waals surface area contributed by atoms with Gasteiger partial charge in [-0.3, -0.25) is 4.98 Å². The maximum Gasteiger partial charge on any atom is 0.416 e. The molecule has 158 valence electrons. The SMILES string of the molecule is Cc1nccc(-n2ccc(C(C)(C)c3cccc(-c4ccc(C(F)(F)F)cc4)n3)n2)n1. The number of nitrogens with zero attached hydrogens (tertiary/aromatic N) is 5. The fraction of sp³-hybridized carbons (Fsp3) is 0.217. The van der Waals surface area contributed by atoms with E-state index in [1.807, 2.05) is 45.2 Å². The predicted octanol–water partition coefficient (Wildman–Crippen LogP) is 5.38. The zero-order valence-electron chi connectivity index (χ0n) is 17.2. The van der Waals surface area contributed by atoms with Crippen molar-refractivity contribution in [2.24, 2.45) is 0 Å². The highest BCUT2D eigenvalue weighted by Gasteiger charge is 2.30. The van der Waals surface area contributed by atoms with E-state index in [0.29, 0.717) is 22.9 Å². The molecular weight excluding hydrogens is 403 g/mol. The number of halogens is 3. The summed E-state index contributed by atoms with van der Waals surface area (Å²) >= 11 is 0. The van der Waals surface area contributed by atoms with Gasteiger partial charge in [0, 0.05) is 24.0 Å². The second kappa shape index (κ2) is 7.61. The van der Waals surface area contributed by atoms with Gasteiger partial charge in [-0.25, -0.2) is 14.6 Å². The maximum absolute atomic E-state index is 12.8. The lowest BCUT2D eigenvalue weighted by atomic mass is 9.85. The molecule has 0 saturated heterocycles. The van der Waals surface area contributed by atoms with E-state index in [1.54, 1.807) is 23.0 Å². The Balaban J connectivity index is 1.65.